The predicted molar refractivity (Wildman–Crippen MR) is 80.5 cm³/mol. The lowest BCUT2D eigenvalue weighted by Crippen LogP contribution is -2.38. The van der Waals surface area contributed by atoms with E-state index in [2.05, 4.69) is 0 Å². The van der Waals surface area contributed by atoms with Crippen molar-refractivity contribution in [3.8, 4) is 0 Å². The maximum absolute atomic E-state index is 12.1. The number of esters is 1. The minimum Gasteiger partial charge on any atom is -0.454 e. The first-order valence-corrected chi connectivity index (χ1v) is 7.77. The molecule has 1 fully saturated rings. The van der Waals surface area contributed by atoms with Crippen molar-refractivity contribution in [3.05, 3.63) is 35.9 Å². The largest absolute Gasteiger partial charge is 0.454 e. The molecule has 1 heterocycles. The molecule has 21 heavy (non-hydrogen) atoms. The maximum Gasteiger partial charge on any atom is 0.397 e. The standard InChI is InChI=1S/C17H23NO3/c19-16(18-12-8-3-1-2-4-9-13-18)17(20)21-14-15-10-6-5-7-11-15/h5-7,10-11H,1-4,8-9,12-14H2. The van der Waals surface area contributed by atoms with E-state index in [0.29, 0.717) is 13.1 Å². The van der Waals surface area contributed by atoms with Crippen molar-refractivity contribution in [2.75, 3.05) is 13.1 Å². The van der Waals surface area contributed by atoms with E-state index in [4.69, 9.17) is 4.74 Å². The molecule has 1 saturated heterocycles. The number of nitrogens with zero attached hydrogens (tertiary/aromatic N) is 1. The molecular weight excluding hydrogens is 266 g/mol. The van der Waals surface area contributed by atoms with Gasteiger partial charge in [0.25, 0.3) is 0 Å². The third kappa shape index (κ3) is 5.21. The van der Waals surface area contributed by atoms with Gasteiger partial charge in [-0.3, -0.25) is 4.79 Å². The second kappa shape index (κ2) is 8.45. The van der Waals surface area contributed by atoms with Gasteiger partial charge in [-0.05, 0) is 18.4 Å². The molecule has 114 valence electrons. The second-order valence-corrected chi connectivity index (χ2v) is 5.48. The third-order valence-corrected chi connectivity index (χ3v) is 3.78. The lowest BCUT2D eigenvalue weighted by Gasteiger charge is -2.20. The Hall–Kier alpha value is -1.84. The van der Waals surface area contributed by atoms with Crippen molar-refractivity contribution in [2.24, 2.45) is 0 Å². The molecule has 0 aromatic heterocycles. The first-order valence-electron chi connectivity index (χ1n) is 7.77. The number of benzene rings is 1. The number of carbonyl (C=O) groups is 2. The molecule has 1 aliphatic rings. The Bertz CT molecular complexity index is 448. The van der Waals surface area contributed by atoms with Gasteiger partial charge in [-0.1, -0.05) is 56.0 Å². The van der Waals surface area contributed by atoms with Crippen LogP contribution in [0.3, 0.4) is 0 Å². The molecule has 1 aromatic rings. The van der Waals surface area contributed by atoms with E-state index in [9.17, 15) is 9.59 Å². The number of carbonyl (C=O) groups excluding carboxylic acids is 2. The first-order chi connectivity index (χ1) is 10.3. The van der Waals surface area contributed by atoms with Gasteiger partial charge in [0.2, 0.25) is 0 Å². The Morgan fingerprint density at radius 2 is 1.48 bits per heavy atom. The average molecular weight is 289 g/mol. The van der Waals surface area contributed by atoms with E-state index in [0.717, 1.165) is 31.2 Å². The van der Waals surface area contributed by atoms with E-state index in [-0.39, 0.29) is 6.61 Å². The lowest BCUT2D eigenvalue weighted by molar-refractivity contribution is -0.161. The highest BCUT2D eigenvalue weighted by atomic mass is 16.5. The Morgan fingerprint density at radius 3 is 2.10 bits per heavy atom. The molecule has 0 saturated carbocycles. The minimum absolute atomic E-state index is 0.152. The molecule has 1 aromatic carbocycles. The van der Waals surface area contributed by atoms with Gasteiger partial charge in [0, 0.05) is 13.1 Å². The smallest absolute Gasteiger partial charge is 0.397 e. The lowest BCUT2D eigenvalue weighted by atomic mass is 10.1. The molecule has 4 nitrogen and oxygen atoms in total. The summed E-state index contributed by atoms with van der Waals surface area (Å²) >= 11 is 0. The van der Waals surface area contributed by atoms with Crippen LogP contribution >= 0.6 is 0 Å². The molecule has 0 bridgehead atoms. The van der Waals surface area contributed by atoms with Crippen LogP contribution in [0.1, 0.15) is 44.1 Å². The maximum atomic E-state index is 12.1. The highest BCUT2D eigenvalue weighted by Crippen LogP contribution is 2.12. The van der Waals surface area contributed by atoms with Crippen LogP contribution in [-0.2, 0) is 20.9 Å². The summed E-state index contributed by atoms with van der Waals surface area (Å²) in [5, 5.41) is 0. The molecule has 0 N–H and O–H groups in total. The van der Waals surface area contributed by atoms with Crippen molar-refractivity contribution in [2.45, 2.75) is 45.1 Å². The van der Waals surface area contributed by atoms with E-state index in [1.165, 1.54) is 12.8 Å². The van der Waals surface area contributed by atoms with Crippen LogP contribution in [0.5, 0.6) is 0 Å². The summed E-state index contributed by atoms with van der Waals surface area (Å²) in [6.45, 7) is 1.48. The van der Waals surface area contributed by atoms with Gasteiger partial charge in [0.1, 0.15) is 6.61 Å². The fourth-order valence-electron chi connectivity index (χ4n) is 2.54. The Morgan fingerprint density at radius 1 is 0.905 bits per heavy atom. The molecular formula is C17H23NO3. The zero-order valence-corrected chi connectivity index (χ0v) is 12.4. The topological polar surface area (TPSA) is 46.6 Å². The Labute approximate surface area is 126 Å². The van der Waals surface area contributed by atoms with E-state index in [1.54, 1.807) is 4.90 Å². The van der Waals surface area contributed by atoms with Gasteiger partial charge in [0.05, 0.1) is 0 Å². The molecule has 2 rings (SSSR count). The summed E-state index contributed by atoms with van der Waals surface area (Å²) < 4.78 is 5.12. The van der Waals surface area contributed by atoms with Crippen LogP contribution in [0, 0.1) is 0 Å². The van der Waals surface area contributed by atoms with Gasteiger partial charge in [0.15, 0.2) is 0 Å². The van der Waals surface area contributed by atoms with Crippen molar-refractivity contribution in [1.29, 1.82) is 0 Å². The normalized spacial score (nSPS) is 16.5. The molecule has 0 radical (unpaired) electrons. The van der Waals surface area contributed by atoms with Crippen molar-refractivity contribution >= 4 is 11.9 Å². The van der Waals surface area contributed by atoms with Crippen molar-refractivity contribution in [3.63, 3.8) is 0 Å². The zero-order valence-electron chi connectivity index (χ0n) is 12.4. The van der Waals surface area contributed by atoms with Crippen LogP contribution in [-0.4, -0.2) is 29.9 Å². The fourth-order valence-corrected chi connectivity index (χ4v) is 2.54. The average Bonchev–Trinajstić information content (AvgIpc) is 2.66. The molecule has 0 aliphatic carbocycles. The predicted octanol–water partition coefficient (Wildman–Crippen LogP) is 2.91. The second-order valence-electron chi connectivity index (χ2n) is 5.48. The van der Waals surface area contributed by atoms with Gasteiger partial charge >= 0.3 is 11.9 Å². The molecule has 0 unspecified atom stereocenters. The third-order valence-electron chi connectivity index (χ3n) is 3.78. The van der Waals surface area contributed by atoms with Crippen LogP contribution in [0.4, 0.5) is 0 Å². The highest BCUT2D eigenvalue weighted by molar-refractivity contribution is 6.32. The number of hydrogen-bond donors (Lipinski definition) is 0. The minimum atomic E-state index is -0.738. The van der Waals surface area contributed by atoms with Crippen LogP contribution in [0.25, 0.3) is 0 Å². The number of rotatable bonds is 2. The SMILES string of the molecule is O=C(OCc1ccccc1)C(=O)N1CCCCCCCC1. The molecule has 1 aliphatic heterocycles. The van der Waals surface area contributed by atoms with Gasteiger partial charge in [-0.2, -0.15) is 0 Å². The van der Waals surface area contributed by atoms with Gasteiger partial charge < -0.3 is 9.64 Å². The van der Waals surface area contributed by atoms with Crippen molar-refractivity contribution < 1.29 is 14.3 Å². The molecule has 1 amide bonds. The quantitative estimate of drug-likeness (QED) is 0.621. The fraction of sp³-hybridized carbons (Fsp3) is 0.529. The molecule has 0 spiro atoms. The number of ether oxygens (including phenoxy) is 1. The van der Waals surface area contributed by atoms with Gasteiger partial charge in [-0.15, -0.1) is 0 Å². The summed E-state index contributed by atoms with van der Waals surface area (Å²) in [5.74, 6) is -1.23. The number of amides is 1. The summed E-state index contributed by atoms with van der Waals surface area (Å²) in [7, 11) is 0. The molecule has 0 atom stereocenters. The summed E-state index contributed by atoms with van der Waals surface area (Å²) in [6.07, 6.45) is 6.64. The summed E-state index contributed by atoms with van der Waals surface area (Å²) in [6, 6.07) is 9.41. The van der Waals surface area contributed by atoms with Crippen LogP contribution < -0.4 is 0 Å². The van der Waals surface area contributed by atoms with E-state index < -0.39 is 11.9 Å². The summed E-state index contributed by atoms with van der Waals surface area (Å²) in [5.41, 5.74) is 0.892. The van der Waals surface area contributed by atoms with Crippen LogP contribution in [0.15, 0.2) is 30.3 Å². The van der Waals surface area contributed by atoms with Crippen LogP contribution in [0.2, 0.25) is 0 Å². The van der Waals surface area contributed by atoms with Gasteiger partial charge in [-0.25, -0.2) is 4.79 Å². The Kier molecular flexibility index (Phi) is 6.25. The van der Waals surface area contributed by atoms with Crippen molar-refractivity contribution in [1.82, 2.24) is 4.90 Å². The monoisotopic (exact) mass is 289 g/mol. The number of hydrogen-bond acceptors (Lipinski definition) is 3. The Balaban J connectivity index is 1.83. The highest BCUT2D eigenvalue weighted by Gasteiger charge is 2.23. The van der Waals surface area contributed by atoms with E-state index >= 15 is 0 Å². The molecule has 4 heteroatoms. The first kappa shape index (κ1) is 15.5. The summed E-state index contributed by atoms with van der Waals surface area (Å²) in [4.78, 5) is 25.7. The zero-order chi connectivity index (χ0) is 14.9. The van der Waals surface area contributed by atoms with E-state index in [1.807, 2.05) is 30.3 Å².